The molecular weight excluding hydrogens is 503 g/mol. The van der Waals surface area contributed by atoms with Gasteiger partial charge in [-0.1, -0.05) is 40.7 Å². The lowest BCUT2D eigenvalue weighted by Crippen LogP contribution is -2.08. The lowest BCUT2D eigenvalue weighted by Gasteiger charge is -2.18. The molecule has 2 unspecified atom stereocenters. The maximum absolute atomic E-state index is 9.72. The van der Waals surface area contributed by atoms with Crippen LogP contribution in [-0.4, -0.2) is 13.3 Å². The molecule has 0 radical (unpaired) electrons. The molecule has 0 aliphatic heterocycles. The van der Waals surface area contributed by atoms with Crippen molar-refractivity contribution in [3.63, 3.8) is 0 Å². The van der Waals surface area contributed by atoms with Gasteiger partial charge >= 0.3 is 8.08 Å². The fourth-order valence-corrected chi connectivity index (χ4v) is 7.41. The molecule has 3 aromatic carbocycles. The van der Waals surface area contributed by atoms with Crippen LogP contribution >= 0.6 is 24.7 Å². The Kier molecular flexibility index (Phi) is 7.35. The number of para-hydroxylation sites is 2. The summed E-state index contributed by atoms with van der Waals surface area (Å²) in [5, 5.41) is 38.2. The van der Waals surface area contributed by atoms with Crippen LogP contribution in [0, 0.1) is 45.3 Å². The zero-order valence-electron chi connectivity index (χ0n) is 17.6. The van der Waals surface area contributed by atoms with Gasteiger partial charge < -0.3 is 13.9 Å². The van der Waals surface area contributed by atoms with Crippen molar-refractivity contribution in [2.24, 2.45) is 0 Å². The molecule has 0 saturated carbocycles. The summed E-state index contributed by atoms with van der Waals surface area (Å²) < 4.78 is 21.1. The van der Waals surface area contributed by atoms with Crippen molar-refractivity contribution in [3.05, 3.63) is 89.0 Å². The molecule has 0 aliphatic rings. The standard InChI is InChI=1S/C22H12N7O3P3/c23-12-16-11-22(21(15-26)20(14-25)19(16)13-24)32-35-28-33-27-34(31-18-9-5-2-6-10-18)29(35)30-17-7-3-1-4-8-17/h1-11H,(H,27,28). The number of nitrogens with zero attached hydrogens (tertiary/aromatic N) is 6. The minimum absolute atomic E-state index is 0.0355. The van der Waals surface area contributed by atoms with Gasteiger partial charge in [0, 0.05) is 6.07 Å². The van der Waals surface area contributed by atoms with Gasteiger partial charge in [0.1, 0.15) is 44.1 Å². The normalized spacial score (nSPS) is 10.9. The smallest absolute Gasteiger partial charge is 0.305 e. The number of nitrogens with one attached hydrogen (secondary N) is 1. The van der Waals surface area contributed by atoms with Crippen molar-refractivity contribution >= 4 is 24.7 Å². The highest BCUT2D eigenvalue weighted by Crippen LogP contribution is 2.41. The number of hydrogen-bond donors (Lipinski definition) is 1. The van der Waals surface area contributed by atoms with E-state index in [2.05, 4.69) is 9.02 Å². The van der Waals surface area contributed by atoms with Crippen LogP contribution in [0.4, 0.5) is 0 Å². The Hall–Kier alpha value is -4.68. The van der Waals surface area contributed by atoms with Crippen molar-refractivity contribution < 1.29 is 13.9 Å². The number of rotatable bonds is 6. The Morgan fingerprint density at radius 2 is 1.40 bits per heavy atom. The Labute approximate surface area is 203 Å². The highest BCUT2D eigenvalue weighted by molar-refractivity contribution is 7.55. The Morgan fingerprint density at radius 3 is 2.00 bits per heavy atom. The largest absolute Gasteiger partial charge is 0.414 e. The minimum atomic E-state index is -1.84. The zero-order valence-corrected chi connectivity index (χ0v) is 20.3. The number of benzene rings is 3. The van der Waals surface area contributed by atoms with Crippen molar-refractivity contribution in [3.8, 4) is 41.5 Å². The molecule has 0 amide bonds. The maximum atomic E-state index is 9.72. The molecule has 0 saturated heterocycles. The van der Waals surface area contributed by atoms with Gasteiger partial charge in [0.15, 0.2) is 11.5 Å². The van der Waals surface area contributed by atoms with Crippen LogP contribution in [0.2, 0.25) is 0 Å². The second kappa shape index (κ2) is 11.0. The lowest BCUT2D eigenvalue weighted by molar-refractivity contribution is 0.259. The summed E-state index contributed by atoms with van der Waals surface area (Å²) in [6.07, 6.45) is 0. The molecule has 1 aromatic heterocycles. The molecule has 0 aliphatic carbocycles. The average Bonchev–Trinajstić information content (AvgIpc) is 2.90. The quantitative estimate of drug-likeness (QED) is 0.332. The predicted molar refractivity (Wildman–Crippen MR) is 128 cm³/mol. The maximum Gasteiger partial charge on any atom is 0.305 e. The molecule has 35 heavy (non-hydrogen) atoms. The van der Waals surface area contributed by atoms with Crippen molar-refractivity contribution in [2.45, 2.75) is 0 Å². The summed E-state index contributed by atoms with van der Waals surface area (Å²) >= 11 is 0. The number of H-pyrrole nitrogens is 1. The molecule has 10 nitrogen and oxygen atoms in total. The molecule has 0 bridgehead atoms. The van der Waals surface area contributed by atoms with E-state index in [0.29, 0.717) is 20.0 Å². The van der Waals surface area contributed by atoms with Gasteiger partial charge in [-0.25, -0.2) is 0 Å². The first-order valence-electron chi connectivity index (χ1n) is 9.70. The summed E-state index contributed by atoms with van der Waals surface area (Å²) in [4.78, 5) is 6.07. The van der Waals surface area contributed by atoms with Crippen LogP contribution in [0.15, 0.2) is 66.7 Å². The van der Waals surface area contributed by atoms with Crippen LogP contribution in [0.25, 0.3) is 0 Å². The van der Waals surface area contributed by atoms with E-state index in [9.17, 15) is 21.0 Å². The van der Waals surface area contributed by atoms with E-state index in [-0.39, 0.29) is 28.0 Å². The molecular formula is C22H12N7O3P3. The minimum Gasteiger partial charge on any atom is -0.414 e. The van der Waals surface area contributed by atoms with Gasteiger partial charge in [-0.3, -0.25) is 4.51 Å². The third kappa shape index (κ3) is 5.13. The fourth-order valence-electron chi connectivity index (χ4n) is 2.82. The average molecular weight is 515 g/mol. The van der Waals surface area contributed by atoms with E-state index in [4.69, 9.17) is 13.9 Å². The molecule has 2 atom stereocenters. The first-order valence-corrected chi connectivity index (χ1v) is 12.9. The highest BCUT2D eigenvalue weighted by Gasteiger charge is 2.22. The monoisotopic (exact) mass is 515 g/mol. The SMILES string of the molecule is N#Cc1cc(Op2[nH]pnp(Oc3ccccc3)n2Oc2ccccc2)c(C#N)c(C#N)c1C#N. The Morgan fingerprint density at radius 1 is 0.771 bits per heavy atom. The van der Waals surface area contributed by atoms with Crippen LogP contribution in [0.1, 0.15) is 22.3 Å². The molecule has 1 N–H and O–H groups in total. The van der Waals surface area contributed by atoms with Gasteiger partial charge in [-0.2, -0.15) is 21.0 Å². The summed E-state index contributed by atoms with van der Waals surface area (Å²) in [7, 11) is -3.10. The van der Waals surface area contributed by atoms with Crippen LogP contribution in [-0.2, 0) is 0 Å². The van der Waals surface area contributed by atoms with E-state index in [1.54, 1.807) is 36.4 Å². The summed E-state index contributed by atoms with van der Waals surface area (Å²) in [5.41, 5.74) is -0.634. The second-order valence-corrected chi connectivity index (χ2v) is 10.6. The molecule has 0 fully saturated rings. The zero-order chi connectivity index (χ0) is 24.6. The van der Waals surface area contributed by atoms with Crippen LogP contribution < -0.4 is 13.9 Å². The van der Waals surface area contributed by atoms with E-state index in [1.807, 2.05) is 48.5 Å². The number of aromatic nitrogens is 3. The summed E-state index contributed by atoms with van der Waals surface area (Å²) in [6.45, 7) is 0. The summed E-state index contributed by atoms with van der Waals surface area (Å²) in [5.74, 6) is 1.04. The fraction of sp³-hybridized carbons (Fsp3) is 0. The van der Waals surface area contributed by atoms with Gasteiger partial charge in [0.25, 0.3) is 8.08 Å². The number of hydrogen-bond acceptors (Lipinski definition) is 8. The molecule has 168 valence electrons. The van der Waals surface area contributed by atoms with Crippen LogP contribution in [0.5, 0.6) is 17.2 Å². The molecule has 0 spiro atoms. The number of aromatic amines is 1. The van der Waals surface area contributed by atoms with E-state index < -0.39 is 16.2 Å². The third-order valence-electron chi connectivity index (χ3n) is 4.35. The Bertz CT molecular complexity index is 1580. The van der Waals surface area contributed by atoms with Crippen LogP contribution in [0.3, 0.4) is 0 Å². The molecule has 4 rings (SSSR count). The predicted octanol–water partition coefficient (Wildman–Crippen LogP) is 5.90. The topological polar surface area (TPSA) is 156 Å². The lowest BCUT2D eigenvalue weighted by atomic mass is 9.97. The Balaban J connectivity index is 1.86. The third-order valence-corrected chi connectivity index (χ3v) is 8.81. The van der Waals surface area contributed by atoms with E-state index in [1.165, 1.54) is 10.3 Å². The van der Waals surface area contributed by atoms with Gasteiger partial charge in [-0.05, 0) is 24.3 Å². The van der Waals surface area contributed by atoms with Crippen molar-refractivity contribution in [2.75, 3.05) is 0 Å². The molecule has 4 aromatic rings. The first-order chi connectivity index (χ1) is 17.2. The van der Waals surface area contributed by atoms with Crippen molar-refractivity contribution in [1.82, 2.24) is 13.3 Å². The first kappa shape index (κ1) is 23.5. The highest BCUT2D eigenvalue weighted by atomic mass is 31.2. The van der Waals surface area contributed by atoms with E-state index >= 15 is 0 Å². The van der Waals surface area contributed by atoms with E-state index in [0.717, 1.165) is 0 Å². The molecule has 1 heterocycles. The van der Waals surface area contributed by atoms with Gasteiger partial charge in [0.2, 0.25) is 0 Å². The van der Waals surface area contributed by atoms with Crippen molar-refractivity contribution in [1.29, 1.82) is 21.0 Å². The number of nitriles is 4. The van der Waals surface area contributed by atoms with Gasteiger partial charge in [0.05, 0.1) is 16.7 Å². The second-order valence-electron chi connectivity index (χ2n) is 6.46. The summed E-state index contributed by atoms with van der Waals surface area (Å²) in [6, 6.07) is 26.8. The molecule has 13 heteroatoms. The van der Waals surface area contributed by atoms with Gasteiger partial charge in [-0.15, -0.1) is 4.51 Å².